The van der Waals surface area contributed by atoms with E-state index in [4.69, 9.17) is 0 Å². The van der Waals surface area contributed by atoms with Crippen LogP contribution < -0.4 is 5.56 Å². The summed E-state index contributed by atoms with van der Waals surface area (Å²) in [6.07, 6.45) is 0. The van der Waals surface area contributed by atoms with Crippen LogP contribution in [0.3, 0.4) is 0 Å². The summed E-state index contributed by atoms with van der Waals surface area (Å²) >= 11 is 1.68. The number of rotatable bonds is 0. The molecule has 12 heavy (non-hydrogen) atoms. The Bertz CT molecular complexity index is 481. The van der Waals surface area contributed by atoms with Crippen molar-refractivity contribution in [3.8, 4) is 0 Å². The Balaban J connectivity index is 3.04. The molecule has 3 heteroatoms. The zero-order chi connectivity index (χ0) is 8.72. The first-order valence-corrected chi connectivity index (χ1v) is 4.62. The third-order valence-electron chi connectivity index (χ3n) is 2.14. The number of pyridine rings is 1. The zero-order valence-corrected chi connectivity index (χ0v) is 7.81. The van der Waals surface area contributed by atoms with Gasteiger partial charge in [0, 0.05) is 18.8 Å². The number of hydrogen-bond donors (Lipinski definition) is 0. The molecular formula is C9H9NOS. The molecule has 0 N–H and O–H groups in total. The first kappa shape index (κ1) is 7.55. The van der Waals surface area contributed by atoms with E-state index in [1.54, 1.807) is 29.0 Å². The van der Waals surface area contributed by atoms with E-state index in [-0.39, 0.29) is 5.56 Å². The summed E-state index contributed by atoms with van der Waals surface area (Å²) in [4.78, 5) is 11.3. The van der Waals surface area contributed by atoms with E-state index in [2.05, 4.69) is 0 Å². The molecule has 2 rings (SSSR count). The number of fused-ring (bicyclic) bond motifs is 1. The lowest BCUT2D eigenvalue weighted by Crippen LogP contribution is -2.16. The van der Waals surface area contributed by atoms with Crippen molar-refractivity contribution in [2.75, 3.05) is 0 Å². The smallest absolute Gasteiger partial charge is 0.251 e. The van der Waals surface area contributed by atoms with Gasteiger partial charge >= 0.3 is 0 Å². The molecule has 0 spiro atoms. The Labute approximate surface area is 74.1 Å². The molecule has 2 heterocycles. The summed E-state index contributed by atoms with van der Waals surface area (Å²) in [6.45, 7) is 1.97. The number of hydrogen-bond acceptors (Lipinski definition) is 2. The molecular weight excluding hydrogens is 170 g/mol. The molecule has 62 valence electrons. The second-order valence-corrected chi connectivity index (χ2v) is 3.75. The van der Waals surface area contributed by atoms with E-state index < -0.39 is 0 Å². The van der Waals surface area contributed by atoms with Gasteiger partial charge < -0.3 is 4.57 Å². The van der Waals surface area contributed by atoms with Crippen LogP contribution in [0.4, 0.5) is 0 Å². The molecule has 0 aromatic carbocycles. The molecule has 0 aliphatic heterocycles. The quantitative estimate of drug-likeness (QED) is 0.605. The van der Waals surface area contributed by atoms with Gasteiger partial charge in [0.05, 0.1) is 4.70 Å². The third kappa shape index (κ3) is 0.898. The molecule has 0 atom stereocenters. The van der Waals surface area contributed by atoms with Crippen LogP contribution in [0.2, 0.25) is 0 Å². The second-order valence-electron chi connectivity index (χ2n) is 2.83. The summed E-state index contributed by atoms with van der Waals surface area (Å²) < 4.78 is 2.89. The van der Waals surface area contributed by atoms with Gasteiger partial charge in [-0.15, -0.1) is 11.3 Å². The summed E-state index contributed by atoms with van der Waals surface area (Å²) in [7, 11) is 1.80. The van der Waals surface area contributed by atoms with Gasteiger partial charge in [-0.25, -0.2) is 0 Å². The van der Waals surface area contributed by atoms with Crippen molar-refractivity contribution < 1.29 is 0 Å². The van der Waals surface area contributed by atoms with Crippen molar-refractivity contribution in [3.63, 3.8) is 0 Å². The van der Waals surface area contributed by atoms with Crippen LogP contribution >= 0.6 is 11.3 Å². The minimum absolute atomic E-state index is 0.0680. The van der Waals surface area contributed by atoms with E-state index in [0.29, 0.717) is 0 Å². The van der Waals surface area contributed by atoms with Crippen molar-refractivity contribution >= 4 is 21.4 Å². The highest BCUT2D eigenvalue weighted by Gasteiger charge is 2.02. The standard InChI is InChI=1S/C9H9NOS/c1-6-9-7(3-4-12-9)5-8(11)10(6)2/h3-5H,1-2H3. The van der Waals surface area contributed by atoms with Gasteiger partial charge in [-0.1, -0.05) is 0 Å². The van der Waals surface area contributed by atoms with E-state index in [0.717, 1.165) is 11.1 Å². The van der Waals surface area contributed by atoms with E-state index in [1.165, 1.54) is 4.70 Å². The van der Waals surface area contributed by atoms with Crippen molar-refractivity contribution in [3.05, 3.63) is 33.6 Å². The molecule has 2 nitrogen and oxygen atoms in total. The molecule has 0 aliphatic rings. The van der Waals surface area contributed by atoms with Crippen molar-refractivity contribution in [2.45, 2.75) is 6.92 Å². The maximum absolute atomic E-state index is 11.3. The van der Waals surface area contributed by atoms with Gasteiger partial charge in [-0.05, 0) is 23.8 Å². The highest BCUT2D eigenvalue weighted by atomic mass is 32.1. The molecule has 0 aliphatic carbocycles. The average molecular weight is 179 g/mol. The van der Waals surface area contributed by atoms with Gasteiger partial charge in [0.15, 0.2) is 0 Å². The fourth-order valence-electron chi connectivity index (χ4n) is 1.27. The lowest BCUT2D eigenvalue weighted by atomic mass is 10.3. The predicted molar refractivity (Wildman–Crippen MR) is 51.8 cm³/mol. The topological polar surface area (TPSA) is 22.0 Å². The largest absolute Gasteiger partial charge is 0.315 e. The molecule has 0 radical (unpaired) electrons. The molecule has 0 fully saturated rings. The maximum Gasteiger partial charge on any atom is 0.251 e. The van der Waals surface area contributed by atoms with Gasteiger partial charge in [0.2, 0.25) is 0 Å². The highest BCUT2D eigenvalue weighted by Crippen LogP contribution is 2.21. The van der Waals surface area contributed by atoms with Crippen LogP contribution in [-0.2, 0) is 7.05 Å². The van der Waals surface area contributed by atoms with Crippen molar-refractivity contribution in [1.82, 2.24) is 4.57 Å². The number of thiophene rings is 1. The number of nitrogens with zero attached hydrogens (tertiary/aromatic N) is 1. The Morgan fingerprint density at radius 1 is 1.50 bits per heavy atom. The summed E-state index contributed by atoms with van der Waals surface area (Å²) in [5, 5.41) is 3.07. The second kappa shape index (κ2) is 2.45. The summed E-state index contributed by atoms with van der Waals surface area (Å²) in [5.74, 6) is 0. The monoisotopic (exact) mass is 179 g/mol. The molecule has 0 amide bonds. The maximum atomic E-state index is 11.3. The summed E-state index contributed by atoms with van der Waals surface area (Å²) in [6, 6.07) is 3.66. The number of aromatic nitrogens is 1. The Hall–Kier alpha value is -1.09. The van der Waals surface area contributed by atoms with Crippen LogP contribution in [0.15, 0.2) is 22.3 Å². The van der Waals surface area contributed by atoms with Gasteiger partial charge in [0.25, 0.3) is 5.56 Å². The third-order valence-corrected chi connectivity index (χ3v) is 3.18. The first-order chi connectivity index (χ1) is 5.70. The molecule has 2 aromatic heterocycles. The van der Waals surface area contributed by atoms with Gasteiger partial charge in [-0.2, -0.15) is 0 Å². The fourth-order valence-corrected chi connectivity index (χ4v) is 2.20. The normalized spacial score (nSPS) is 10.8. The van der Waals surface area contributed by atoms with Crippen LogP contribution in [-0.4, -0.2) is 4.57 Å². The first-order valence-electron chi connectivity index (χ1n) is 3.74. The Kier molecular flexibility index (Phi) is 1.54. The van der Waals surface area contributed by atoms with E-state index in [1.807, 2.05) is 18.4 Å². The lowest BCUT2D eigenvalue weighted by molar-refractivity contribution is 0.832. The molecule has 0 unspecified atom stereocenters. The average Bonchev–Trinajstić information content (AvgIpc) is 2.48. The van der Waals surface area contributed by atoms with E-state index >= 15 is 0 Å². The van der Waals surface area contributed by atoms with Crippen molar-refractivity contribution in [1.29, 1.82) is 0 Å². The van der Waals surface area contributed by atoms with Gasteiger partial charge in [0.1, 0.15) is 0 Å². The lowest BCUT2D eigenvalue weighted by Gasteiger charge is -2.02. The number of aryl methyl sites for hydroxylation is 1. The van der Waals surface area contributed by atoms with Crippen LogP contribution in [0.5, 0.6) is 0 Å². The van der Waals surface area contributed by atoms with E-state index in [9.17, 15) is 4.79 Å². The minimum atomic E-state index is 0.0680. The molecule has 0 saturated carbocycles. The fraction of sp³-hybridized carbons (Fsp3) is 0.222. The van der Waals surface area contributed by atoms with Crippen molar-refractivity contribution in [2.24, 2.45) is 7.05 Å². The molecule has 0 saturated heterocycles. The minimum Gasteiger partial charge on any atom is -0.315 e. The van der Waals surface area contributed by atoms with Crippen LogP contribution in [0, 0.1) is 6.92 Å². The van der Waals surface area contributed by atoms with Crippen LogP contribution in [0.25, 0.3) is 10.1 Å². The Morgan fingerprint density at radius 2 is 2.25 bits per heavy atom. The molecule has 0 bridgehead atoms. The van der Waals surface area contributed by atoms with Crippen LogP contribution in [0.1, 0.15) is 5.69 Å². The Morgan fingerprint density at radius 3 is 3.00 bits per heavy atom. The predicted octanol–water partition coefficient (Wildman–Crippen LogP) is 1.91. The molecule has 2 aromatic rings. The summed E-state index contributed by atoms with van der Waals surface area (Å²) in [5.41, 5.74) is 1.12. The SMILES string of the molecule is Cc1c2sccc2cc(=O)n1C. The zero-order valence-electron chi connectivity index (χ0n) is 7.00. The van der Waals surface area contributed by atoms with Gasteiger partial charge in [-0.3, -0.25) is 4.79 Å². The highest BCUT2D eigenvalue weighted by molar-refractivity contribution is 7.17.